The van der Waals surface area contributed by atoms with Crippen LogP contribution in [0.5, 0.6) is 0 Å². The van der Waals surface area contributed by atoms with Crippen LogP contribution < -0.4 is 0 Å². The first-order valence-corrected chi connectivity index (χ1v) is 5.94. The number of rotatable bonds is 3. The van der Waals surface area contributed by atoms with E-state index in [9.17, 15) is 5.11 Å². The number of aliphatic hydroxyl groups excluding tert-OH is 1. The molecule has 0 fully saturated rings. The van der Waals surface area contributed by atoms with Crippen LogP contribution in [-0.4, -0.2) is 14.9 Å². The van der Waals surface area contributed by atoms with E-state index in [-0.39, 0.29) is 0 Å². The largest absolute Gasteiger partial charge is 0.386 e. The zero-order valence-corrected chi connectivity index (χ0v) is 10.7. The third-order valence-electron chi connectivity index (χ3n) is 2.20. The van der Waals surface area contributed by atoms with Crippen LogP contribution in [0.3, 0.4) is 0 Å². The molecular weight excluding hydrogens is 291 g/mol. The molecule has 1 aromatic carbocycles. The van der Waals surface area contributed by atoms with Gasteiger partial charge in [0.05, 0.1) is 23.9 Å². The van der Waals surface area contributed by atoms with E-state index in [1.807, 2.05) is 24.3 Å². The highest BCUT2D eigenvalue weighted by Crippen LogP contribution is 2.19. The van der Waals surface area contributed by atoms with Crippen molar-refractivity contribution in [3.05, 3.63) is 51.7 Å². The average molecular weight is 302 g/mol. The van der Waals surface area contributed by atoms with Crippen molar-refractivity contribution < 1.29 is 5.11 Å². The Kier molecular flexibility index (Phi) is 3.63. The van der Waals surface area contributed by atoms with Crippen molar-refractivity contribution in [2.24, 2.45) is 0 Å². The van der Waals surface area contributed by atoms with Gasteiger partial charge in [-0.05, 0) is 17.7 Å². The molecule has 1 aromatic heterocycles. The number of hydrogen-bond acceptors (Lipinski definition) is 2. The van der Waals surface area contributed by atoms with Gasteiger partial charge in [-0.2, -0.15) is 5.10 Å². The Bertz CT molecular complexity index is 486. The number of benzene rings is 1. The van der Waals surface area contributed by atoms with Gasteiger partial charge in [0.1, 0.15) is 0 Å². The predicted molar refractivity (Wildman–Crippen MR) is 66.3 cm³/mol. The molecule has 84 valence electrons. The topological polar surface area (TPSA) is 38.0 Å². The molecule has 1 atom stereocenters. The molecule has 0 unspecified atom stereocenters. The summed E-state index contributed by atoms with van der Waals surface area (Å²) in [6.45, 7) is 0.392. The zero-order valence-electron chi connectivity index (χ0n) is 8.35. The van der Waals surface area contributed by atoms with Crippen LogP contribution in [0.4, 0.5) is 0 Å². The van der Waals surface area contributed by atoms with Gasteiger partial charge in [-0.15, -0.1) is 0 Å². The summed E-state index contributed by atoms with van der Waals surface area (Å²) in [4.78, 5) is 0. The maximum atomic E-state index is 9.98. The van der Waals surface area contributed by atoms with Crippen molar-refractivity contribution in [3.63, 3.8) is 0 Å². The normalized spacial score (nSPS) is 12.7. The van der Waals surface area contributed by atoms with Crippen LogP contribution in [0.25, 0.3) is 0 Å². The summed E-state index contributed by atoms with van der Waals surface area (Å²) in [6.07, 6.45) is 2.64. The predicted octanol–water partition coefficient (Wildman–Crippen LogP) is 3.03. The van der Waals surface area contributed by atoms with Gasteiger partial charge in [0, 0.05) is 10.7 Å². The van der Waals surface area contributed by atoms with Crippen molar-refractivity contribution in [2.75, 3.05) is 0 Å². The van der Waals surface area contributed by atoms with Crippen LogP contribution in [0, 0.1) is 0 Å². The van der Waals surface area contributed by atoms with Crippen molar-refractivity contribution in [1.82, 2.24) is 9.78 Å². The molecule has 0 saturated carbocycles. The number of aliphatic hydroxyl groups is 1. The smallest absolute Gasteiger partial charge is 0.0986 e. The lowest BCUT2D eigenvalue weighted by Crippen LogP contribution is -2.08. The molecule has 1 N–H and O–H groups in total. The Hall–Kier alpha value is -0.840. The van der Waals surface area contributed by atoms with Crippen molar-refractivity contribution >= 4 is 27.5 Å². The van der Waals surface area contributed by atoms with Crippen molar-refractivity contribution in [3.8, 4) is 0 Å². The van der Waals surface area contributed by atoms with E-state index in [1.165, 1.54) is 0 Å². The first-order valence-electron chi connectivity index (χ1n) is 4.76. The Morgan fingerprint density at radius 2 is 2.31 bits per heavy atom. The minimum absolute atomic E-state index is 0.392. The molecule has 0 aliphatic heterocycles. The fourth-order valence-corrected chi connectivity index (χ4v) is 2.01. The Morgan fingerprint density at radius 1 is 1.50 bits per heavy atom. The number of aromatic nitrogens is 2. The number of halogens is 2. The molecule has 2 aromatic rings. The molecule has 3 nitrogen and oxygen atoms in total. The van der Waals surface area contributed by atoms with Gasteiger partial charge in [0.2, 0.25) is 0 Å². The van der Waals surface area contributed by atoms with Gasteiger partial charge in [-0.25, -0.2) is 0 Å². The lowest BCUT2D eigenvalue weighted by molar-refractivity contribution is 0.151. The van der Waals surface area contributed by atoms with Crippen molar-refractivity contribution in [2.45, 2.75) is 12.6 Å². The maximum absolute atomic E-state index is 9.98. The van der Waals surface area contributed by atoms with Gasteiger partial charge in [0.25, 0.3) is 0 Å². The summed E-state index contributed by atoms with van der Waals surface area (Å²) in [5.74, 6) is 0. The molecule has 0 bridgehead atoms. The second-order valence-electron chi connectivity index (χ2n) is 3.45. The van der Waals surface area contributed by atoms with E-state index in [0.29, 0.717) is 11.6 Å². The van der Waals surface area contributed by atoms with Crippen LogP contribution in [0.15, 0.2) is 41.1 Å². The van der Waals surface area contributed by atoms with E-state index >= 15 is 0 Å². The fourth-order valence-electron chi connectivity index (χ4n) is 1.43. The Morgan fingerprint density at radius 3 is 2.94 bits per heavy atom. The molecule has 5 heteroatoms. The molecular formula is C11H10BrClN2O. The van der Waals surface area contributed by atoms with Crippen LogP contribution in [-0.2, 0) is 6.54 Å². The Labute approximate surface area is 107 Å². The van der Waals surface area contributed by atoms with E-state index in [0.717, 1.165) is 10.0 Å². The van der Waals surface area contributed by atoms with Gasteiger partial charge in [-0.3, -0.25) is 4.68 Å². The highest BCUT2D eigenvalue weighted by molar-refractivity contribution is 9.10. The van der Waals surface area contributed by atoms with Gasteiger partial charge < -0.3 is 5.11 Å². The average Bonchev–Trinajstić information content (AvgIpc) is 2.64. The molecule has 0 aliphatic rings. The quantitative estimate of drug-likeness (QED) is 0.946. The maximum Gasteiger partial charge on any atom is 0.0986 e. The lowest BCUT2D eigenvalue weighted by atomic mass is 10.1. The van der Waals surface area contributed by atoms with E-state index in [1.54, 1.807) is 17.1 Å². The molecule has 0 amide bonds. The summed E-state index contributed by atoms with van der Waals surface area (Å²) in [7, 11) is 0. The summed E-state index contributed by atoms with van der Waals surface area (Å²) >= 11 is 9.11. The van der Waals surface area contributed by atoms with E-state index in [2.05, 4.69) is 21.0 Å². The highest BCUT2D eigenvalue weighted by Gasteiger charge is 2.09. The molecule has 0 saturated heterocycles. The molecule has 1 heterocycles. The monoisotopic (exact) mass is 300 g/mol. The SMILES string of the molecule is O[C@@H](Cn1cc(Cl)cn1)c1cccc(Br)c1. The third kappa shape index (κ3) is 2.84. The molecule has 0 spiro atoms. The van der Waals surface area contributed by atoms with Gasteiger partial charge >= 0.3 is 0 Å². The van der Waals surface area contributed by atoms with E-state index in [4.69, 9.17) is 11.6 Å². The number of hydrogen-bond donors (Lipinski definition) is 1. The summed E-state index contributed by atoms with van der Waals surface area (Å²) in [6, 6.07) is 7.57. The third-order valence-corrected chi connectivity index (χ3v) is 2.88. The van der Waals surface area contributed by atoms with E-state index < -0.39 is 6.10 Å². The van der Waals surface area contributed by atoms with Crippen molar-refractivity contribution in [1.29, 1.82) is 0 Å². The Balaban J connectivity index is 2.11. The van der Waals surface area contributed by atoms with Gasteiger partial charge in [-0.1, -0.05) is 39.7 Å². The molecule has 16 heavy (non-hydrogen) atoms. The molecule has 0 aliphatic carbocycles. The fraction of sp³-hybridized carbons (Fsp3) is 0.182. The first kappa shape index (κ1) is 11.6. The highest BCUT2D eigenvalue weighted by atomic mass is 79.9. The second-order valence-corrected chi connectivity index (χ2v) is 4.80. The summed E-state index contributed by atoms with van der Waals surface area (Å²) in [5.41, 5.74) is 0.848. The zero-order chi connectivity index (χ0) is 11.5. The minimum Gasteiger partial charge on any atom is -0.386 e. The molecule has 0 radical (unpaired) electrons. The second kappa shape index (κ2) is 4.99. The lowest BCUT2D eigenvalue weighted by Gasteiger charge is -2.11. The standard InChI is InChI=1S/C11H10BrClN2O/c12-9-3-1-2-8(4-9)11(16)7-15-6-10(13)5-14-15/h1-6,11,16H,7H2/t11-/m0/s1. The number of nitrogens with zero attached hydrogens (tertiary/aromatic N) is 2. The minimum atomic E-state index is -0.589. The van der Waals surface area contributed by atoms with Crippen LogP contribution in [0.2, 0.25) is 5.02 Å². The molecule has 2 rings (SSSR count). The van der Waals surface area contributed by atoms with Gasteiger partial charge in [0.15, 0.2) is 0 Å². The van der Waals surface area contributed by atoms with Crippen LogP contribution in [0.1, 0.15) is 11.7 Å². The summed E-state index contributed by atoms with van der Waals surface area (Å²) < 4.78 is 2.57. The first-order chi connectivity index (χ1) is 7.65. The summed E-state index contributed by atoms with van der Waals surface area (Å²) in [5, 5.41) is 14.6. The van der Waals surface area contributed by atoms with Crippen LogP contribution >= 0.6 is 27.5 Å².